The van der Waals surface area contributed by atoms with Gasteiger partial charge in [-0.1, -0.05) is 29.8 Å². The Balaban J connectivity index is 2.51. The second kappa shape index (κ2) is 5.40. The van der Waals surface area contributed by atoms with Gasteiger partial charge in [0.05, 0.1) is 0 Å². The van der Waals surface area contributed by atoms with Gasteiger partial charge in [0.25, 0.3) is 0 Å². The molecule has 0 spiro atoms. The van der Waals surface area contributed by atoms with Gasteiger partial charge in [0.15, 0.2) is 5.78 Å². The maximum atomic E-state index is 12.6. The second-order valence-electron chi connectivity index (χ2n) is 4.35. The highest BCUT2D eigenvalue weighted by molar-refractivity contribution is 7.98. The van der Waals surface area contributed by atoms with Crippen LogP contribution in [0.5, 0.6) is 0 Å². The van der Waals surface area contributed by atoms with E-state index in [2.05, 4.69) is 0 Å². The summed E-state index contributed by atoms with van der Waals surface area (Å²) >= 11 is 1.61. The summed E-state index contributed by atoms with van der Waals surface area (Å²) in [7, 11) is 0. The van der Waals surface area contributed by atoms with Gasteiger partial charge in [-0.25, -0.2) is 0 Å². The van der Waals surface area contributed by atoms with Crippen LogP contribution in [0.3, 0.4) is 0 Å². The molecular weight excluding hydrogens is 240 g/mol. The average Bonchev–Trinajstić information content (AvgIpc) is 2.40. The highest BCUT2D eigenvalue weighted by Gasteiger charge is 2.14. The highest BCUT2D eigenvalue weighted by atomic mass is 32.2. The molecule has 0 atom stereocenters. The molecule has 0 aliphatic carbocycles. The van der Waals surface area contributed by atoms with Crippen LogP contribution in [0.25, 0.3) is 0 Å². The van der Waals surface area contributed by atoms with E-state index < -0.39 is 0 Å². The van der Waals surface area contributed by atoms with Gasteiger partial charge in [-0.15, -0.1) is 11.8 Å². The smallest absolute Gasteiger partial charge is 0.194 e. The van der Waals surface area contributed by atoms with Crippen molar-refractivity contribution in [2.75, 3.05) is 6.26 Å². The van der Waals surface area contributed by atoms with Crippen molar-refractivity contribution in [1.29, 1.82) is 0 Å². The SMILES string of the molecule is CSc1ccccc1C(=O)c1cc(C)ccc1C. The zero-order valence-corrected chi connectivity index (χ0v) is 11.7. The summed E-state index contributed by atoms with van der Waals surface area (Å²) in [4.78, 5) is 13.6. The Labute approximate surface area is 112 Å². The number of carbonyl (C=O) groups excluding carboxylic acids is 1. The van der Waals surface area contributed by atoms with Gasteiger partial charge in [0, 0.05) is 16.0 Å². The maximum Gasteiger partial charge on any atom is 0.194 e. The van der Waals surface area contributed by atoms with Gasteiger partial charge in [-0.3, -0.25) is 4.79 Å². The number of ketones is 1. The first-order valence-corrected chi connectivity index (χ1v) is 7.11. The Morgan fingerprint density at radius 1 is 1.00 bits per heavy atom. The number of aryl methyl sites for hydroxylation is 2. The average molecular weight is 256 g/mol. The molecule has 0 aromatic heterocycles. The van der Waals surface area contributed by atoms with Crippen molar-refractivity contribution in [3.05, 3.63) is 64.7 Å². The molecule has 18 heavy (non-hydrogen) atoms. The van der Waals surface area contributed by atoms with E-state index in [-0.39, 0.29) is 5.78 Å². The highest BCUT2D eigenvalue weighted by Crippen LogP contribution is 2.24. The summed E-state index contributed by atoms with van der Waals surface area (Å²) in [6.07, 6.45) is 2.00. The van der Waals surface area contributed by atoms with Crippen molar-refractivity contribution in [3.63, 3.8) is 0 Å². The van der Waals surface area contributed by atoms with E-state index in [0.29, 0.717) is 0 Å². The number of rotatable bonds is 3. The van der Waals surface area contributed by atoms with Gasteiger partial charge in [0.2, 0.25) is 0 Å². The third-order valence-corrected chi connectivity index (χ3v) is 3.79. The van der Waals surface area contributed by atoms with Crippen molar-refractivity contribution < 1.29 is 4.79 Å². The van der Waals surface area contributed by atoms with Gasteiger partial charge in [-0.2, -0.15) is 0 Å². The summed E-state index contributed by atoms with van der Waals surface area (Å²) in [5, 5.41) is 0. The molecule has 0 N–H and O–H groups in total. The molecule has 2 aromatic rings. The van der Waals surface area contributed by atoms with Crippen LogP contribution >= 0.6 is 11.8 Å². The van der Waals surface area contributed by atoms with Crippen LogP contribution in [0, 0.1) is 13.8 Å². The quantitative estimate of drug-likeness (QED) is 0.603. The molecule has 0 saturated carbocycles. The third-order valence-electron chi connectivity index (χ3n) is 2.99. The Kier molecular flexibility index (Phi) is 3.87. The zero-order valence-electron chi connectivity index (χ0n) is 10.9. The predicted octanol–water partition coefficient (Wildman–Crippen LogP) is 4.26. The predicted molar refractivity (Wildman–Crippen MR) is 77.6 cm³/mol. The molecule has 2 heteroatoms. The van der Waals surface area contributed by atoms with Crippen LogP contribution < -0.4 is 0 Å². The molecule has 0 radical (unpaired) electrons. The van der Waals surface area contributed by atoms with Gasteiger partial charge in [0.1, 0.15) is 0 Å². The number of carbonyl (C=O) groups is 1. The lowest BCUT2D eigenvalue weighted by Gasteiger charge is -2.09. The molecule has 1 nitrogen and oxygen atoms in total. The molecule has 2 aromatic carbocycles. The summed E-state index contributed by atoms with van der Waals surface area (Å²) in [5.41, 5.74) is 3.74. The van der Waals surface area contributed by atoms with Crippen LogP contribution in [0.2, 0.25) is 0 Å². The molecule has 0 aliphatic heterocycles. The third kappa shape index (κ3) is 2.49. The van der Waals surface area contributed by atoms with Crippen molar-refractivity contribution in [2.24, 2.45) is 0 Å². The minimum Gasteiger partial charge on any atom is -0.289 e. The molecular formula is C16H16OS. The number of thioether (sulfide) groups is 1. The van der Waals surface area contributed by atoms with Crippen molar-refractivity contribution in [3.8, 4) is 0 Å². The second-order valence-corrected chi connectivity index (χ2v) is 5.20. The number of hydrogen-bond acceptors (Lipinski definition) is 2. The lowest BCUT2D eigenvalue weighted by molar-refractivity contribution is 0.103. The minimum atomic E-state index is 0.112. The van der Waals surface area contributed by atoms with E-state index in [4.69, 9.17) is 0 Å². The lowest BCUT2D eigenvalue weighted by Crippen LogP contribution is -2.05. The lowest BCUT2D eigenvalue weighted by atomic mass is 9.97. The van der Waals surface area contributed by atoms with Crippen LogP contribution in [-0.2, 0) is 0 Å². The van der Waals surface area contributed by atoms with E-state index in [0.717, 1.165) is 27.1 Å². The molecule has 0 amide bonds. The van der Waals surface area contributed by atoms with Crippen molar-refractivity contribution >= 4 is 17.5 Å². The standard InChI is InChI=1S/C16H16OS/c1-11-8-9-12(2)14(10-11)16(17)13-6-4-5-7-15(13)18-3/h4-10H,1-3H3. The Morgan fingerprint density at radius 2 is 1.72 bits per heavy atom. The number of hydrogen-bond donors (Lipinski definition) is 0. The maximum absolute atomic E-state index is 12.6. The summed E-state index contributed by atoms with van der Waals surface area (Å²) in [6.45, 7) is 3.99. The summed E-state index contributed by atoms with van der Waals surface area (Å²) in [5.74, 6) is 0.112. The Morgan fingerprint density at radius 3 is 2.44 bits per heavy atom. The van der Waals surface area contributed by atoms with E-state index in [1.54, 1.807) is 11.8 Å². The minimum absolute atomic E-state index is 0.112. The molecule has 0 heterocycles. The molecule has 0 saturated heterocycles. The fourth-order valence-electron chi connectivity index (χ4n) is 1.96. The zero-order chi connectivity index (χ0) is 13.1. The van der Waals surface area contributed by atoms with Crippen molar-refractivity contribution in [1.82, 2.24) is 0 Å². The first kappa shape index (κ1) is 12.9. The van der Waals surface area contributed by atoms with Crippen LogP contribution in [0.1, 0.15) is 27.0 Å². The molecule has 0 fully saturated rings. The summed E-state index contributed by atoms with van der Waals surface area (Å²) < 4.78 is 0. The van der Waals surface area contributed by atoms with Crippen LogP contribution in [0.4, 0.5) is 0 Å². The molecule has 2 rings (SSSR count). The van der Waals surface area contributed by atoms with E-state index >= 15 is 0 Å². The largest absolute Gasteiger partial charge is 0.289 e. The molecule has 0 unspecified atom stereocenters. The van der Waals surface area contributed by atoms with Crippen LogP contribution in [0.15, 0.2) is 47.4 Å². The van der Waals surface area contributed by atoms with Gasteiger partial charge >= 0.3 is 0 Å². The molecule has 92 valence electrons. The monoisotopic (exact) mass is 256 g/mol. The van der Waals surface area contributed by atoms with Crippen molar-refractivity contribution in [2.45, 2.75) is 18.7 Å². The fraction of sp³-hybridized carbons (Fsp3) is 0.188. The Hall–Kier alpha value is -1.54. The van der Waals surface area contributed by atoms with Gasteiger partial charge in [-0.05, 0) is 43.9 Å². The van der Waals surface area contributed by atoms with E-state index in [1.807, 2.05) is 62.6 Å². The normalized spacial score (nSPS) is 10.4. The molecule has 0 bridgehead atoms. The van der Waals surface area contributed by atoms with Gasteiger partial charge < -0.3 is 0 Å². The van der Waals surface area contributed by atoms with Crippen LogP contribution in [-0.4, -0.2) is 12.0 Å². The summed E-state index contributed by atoms with van der Waals surface area (Å²) in [6, 6.07) is 13.8. The topological polar surface area (TPSA) is 17.1 Å². The Bertz CT molecular complexity index is 587. The van der Waals surface area contributed by atoms with E-state index in [1.165, 1.54) is 0 Å². The first-order valence-electron chi connectivity index (χ1n) is 5.88. The fourth-order valence-corrected chi connectivity index (χ4v) is 2.55. The van der Waals surface area contributed by atoms with E-state index in [9.17, 15) is 4.79 Å². The number of benzene rings is 2. The first-order chi connectivity index (χ1) is 8.63. The molecule has 0 aliphatic rings.